The second-order valence-electron chi connectivity index (χ2n) is 7.60. The number of halogens is 3. The largest absolute Gasteiger partial charge is 0.416 e. The molecule has 0 atom stereocenters. The molecule has 1 aliphatic carbocycles. The summed E-state index contributed by atoms with van der Waals surface area (Å²) in [5.74, 6) is -0.357. The predicted molar refractivity (Wildman–Crippen MR) is 130 cm³/mol. The lowest BCUT2D eigenvalue weighted by atomic mass is 9.84. The van der Waals surface area contributed by atoms with Gasteiger partial charge in [0, 0.05) is 24.7 Å². The summed E-state index contributed by atoms with van der Waals surface area (Å²) in [7, 11) is 1.47. The van der Waals surface area contributed by atoms with Crippen molar-refractivity contribution >= 4 is 12.3 Å². The first-order chi connectivity index (χ1) is 16.4. The number of amides is 2. The summed E-state index contributed by atoms with van der Waals surface area (Å²) in [4.78, 5) is 23.5. The topological polar surface area (TPSA) is 58.2 Å². The van der Waals surface area contributed by atoms with Gasteiger partial charge in [0.1, 0.15) is 0 Å². The molecule has 186 valence electrons. The molecule has 2 N–H and O–H groups in total. The van der Waals surface area contributed by atoms with Crippen LogP contribution in [-0.2, 0) is 22.2 Å². The van der Waals surface area contributed by atoms with E-state index in [9.17, 15) is 22.8 Å². The van der Waals surface area contributed by atoms with Crippen molar-refractivity contribution in [2.24, 2.45) is 5.92 Å². The summed E-state index contributed by atoms with van der Waals surface area (Å²) in [6.45, 7) is 4.00. The number of carbonyl (C=O) groups excluding carboxylic acids is 2. The summed E-state index contributed by atoms with van der Waals surface area (Å²) in [6.07, 6.45) is 0.903. The molecule has 1 fully saturated rings. The Morgan fingerprint density at radius 3 is 2.00 bits per heavy atom. The van der Waals surface area contributed by atoms with Gasteiger partial charge < -0.3 is 10.6 Å². The second kappa shape index (κ2) is 15.7. The van der Waals surface area contributed by atoms with Gasteiger partial charge in [0.05, 0.1) is 5.56 Å². The highest BCUT2D eigenvalue weighted by Gasteiger charge is 2.31. The fraction of sp³-hybridized carbons (Fsp3) is 0.407. The lowest BCUT2D eigenvalue weighted by Crippen LogP contribution is -2.30. The molecule has 3 rings (SSSR count). The molecule has 0 radical (unpaired) electrons. The molecular weight excluding hydrogens is 441 g/mol. The molecular formula is C27H35F3N2O2. The van der Waals surface area contributed by atoms with Crippen LogP contribution in [0.5, 0.6) is 0 Å². The number of likely N-dealkylation sites (N-methyl/N-ethyl adjacent to an activating group) is 1. The molecule has 2 amide bonds. The number of allylic oxidation sites excluding steroid dienone is 1. The maximum atomic E-state index is 13.0. The Morgan fingerprint density at radius 2 is 1.53 bits per heavy atom. The van der Waals surface area contributed by atoms with Gasteiger partial charge >= 0.3 is 6.18 Å². The summed E-state index contributed by atoms with van der Waals surface area (Å²) in [5.41, 5.74) is 0.454. The van der Waals surface area contributed by atoms with E-state index in [1.165, 1.54) is 13.1 Å². The fourth-order valence-corrected chi connectivity index (χ4v) is 3.80. The highest BCUT2D eigenvalue weighted by atomic mass is 19.4. The lowest BCUT2D eigenvalue weighted by molar-refractivity contribution is -0.137. The van der Waals surface area contributed by atoms with Gasteiger partial charge in [0.15, 0.2) is 0 Å². The van der Waals surface area contributed by atoms with Crippen LogP contribution < -0.4 is 10.6 Å². The average molecular weight is 477 g/mol. The number of benzene rings is 2. The molecule has 0 heterocycles. The molecule has 0 aromatic heterocycles. The Kier molecular flexibility index (Phi) is 13.4. The average Bonchev–Trinajstić information content (AvgIpc) is 2.88. The number of hydrogen-bond acceptors (Lipinski definition) is 2. The van der Waals surface area contributed by atoms with Gasteiger partial charge in [-0.3, -0.25) is 9.59 Å². The van der Waals surface area contributed by atoms with Crippen LogP contribution in [-0.4, -0.2) is 19.4 Å². The minimum absolute atomic E-state index is 0.0241. The molecule has 0 unspecified atom stereocenters. The summed E-state index contributed by atoms with van der Waals surface area (Å²) >= 11 is 0. The van der Waals surface area contributed by atoms with Gasteiger partial charge in [-0.15, -0.1) is 0 Å². The summed E-state index contributed by atoms with van der Waals surface area (Å²) in [5, 5.41) is 5.18. The van der Waals surface area contributed by atoms with Crippen LogP contribution in [0.3, 0.4) is 0 Å². The third kappa shape index (κ3) is 9.81. The van der Waals surface area contributed by atoms with Crippen molar-refractivity contribution in [2.75, 3.05) is 7.05 Å². The lowest BCUT2D eigenvalue weighted by Gasteiger charge is -2.26. The van der Waals surface area contributed by atoms with E-state index in [-0.39, 0.29) is 12.3 Å². The zero-order valence-corrected chi connectivity index (χ0v) is 20.1. The van der Waals surface area contributed by atoms with Crippen LogP contribution in [0, 0.1) is 5.92 Å². The van der Waals surface area contributed by atoms with Crippen molar-refractivity contribution < 1.29 is 22.8 Å². The normalized spacial score (nSPS) is 14.3. The van der Waals surface area contributed by atoms with Crippen LogP contribution in [0.1, 0.15) is 57.1 Å². The Morgan fingerprint density at radius 1 is 0.971 bits per heavy atom. The number of alkyl halides is 3. The van der Waals surface area contributed by atoms with E-state index in [4.69, 9.17) is 0 Å². The maximum Gasteiger partial charge on any atom is 0.416 e. The van der Waals surface area contributed by atoms with Crippen LogP contribution in [0.4, 0.5) is 13.2 Å². The summed E-state index contributed by atoms with van der Waals surface area (Å²) in [6, 6.07) is 16.9. The number of hydrogen-bond donors (Lipinski definition) is 2. The Hall–Kier alpha value is -3.09. The van der Waals surface area contributed by atoms with Crippen molar-refractivity contribution in [1.29, 1.82) is 0 Å². The number of nitrogens with one attached hydrogen (secondary N) is 2. The van der Waals surface area contributed by atoms with E-state index in [1.807, 2.05) is 50.2 Å². The third-order valence-corrected chi connectivity index (χ3v) is 5.36. The minimum atomic E-state index is -4.44. The maximum absolute atomic E-state index is 13.0. The molecule has 1 aliphatic rings. The van der Waals surface area contributed by atoms with E-state index in [0.717, 1.165) is 44.2 Å². The highest BCUT2D eigenvalue weighted by Crippen LogP contribution is 2.32. The monoisotopic (exact) mass is 476 g/mol. The van der Waals surface area contributed by atoms with Gasteiger partial charge in [0.25, 0.3) is 0 Å². The van der Waals surface area contributed by atoms with Crippen molar-refractivity contribution in [3.8, 4) is 0 Å². The first kappa shape index (κ1) is 28.9. The van der Waals surface area contributed by atoms with Gasteiger partial charge in [-0.2, -0.15) is 13.2 Å². The first-order valence-electron chi connectivity index (χ1n) is 11.7. The molecule has 0 bridgehead atoms. The van der Waals surface area contributed by atoms with Gasteiger partial charge in [-0.05, 0) is 30.4 Å². The van der Waals surface area contributed by atoms with E-state index in [2.05, 4.69) is 10.6 Å². The van der Waals surface area contributed by atoms with E-state index >= 15 is 0 Å². The van der Waals surface area contributed by atoms with Gasteiger partial charge in [-0.25, -0.2) is 0 Å². The van der Waals surface area contributed by atoms with Crippen LogP contribution in [0.15, 0.2) is 71.9 Å². The van der Waals surface area contributed by atoms with Crippen molar-refractivity contribution in [2.45, 2.75) is 58.5 Å². The molecule has 2 aromatic carbocycles. The molecule has 34 heavy (non-hydrogen) atoms. The molecule has 2 aromatic rings. The molecule has 0 aliphatic heterocycles. The quantitative estimate of drug-likeness (QED) is 0.380. The molecule has 1 saturated carbocycles. The first-order valence-corrected chi connectivity index (χ1v) is 11.7. The number of carbonyl (C=O) groups is 2. The molecule has 4 nitrogen and oxygen atoms in total. The number of rotatable bonds is 6. The molecule has 7 heteroatoms. The Bertz CT molecular complexity index is 864. The van der Waals surface area contributed by atoms with Crippen molar-refractivity contribution in [3.63, 3.8) is 0 Å². The summed E-state index contributed by atoms with van der Waals surface area (Å²) < 4.78 is 38.9. The Labute approximate surface area is 200 Å². The van der Waals surface area contributed by atoms with Crippen molar-refractivity contribution in [3.05, 3.63) is 83.1 Å². The zero-order valence-electron chi connectivity index (χ0n) is 20.1. The SMILES string of the molecule is CC.CNC(=O)/C(Cc1cccc(C(F)(F)F)c1)=C(\NC=O)C1CCCCC1.c1ccccc1. The van der Waals surface area contributed by atoms with E-state index < -0.39 is 17.6 Å². The van der Waals surface area contributed by atoms with Gasteiger partial charge in [-0.1, -0.05) is 87.7 Å². The van der Waals surface area contributed by atoms with E-state index in [0.29, 0.717) is 23.2 Å². The van der Waals surface area contributed by atoms with Crippen molar-refractivity contribution in [1.82, 2.24) is 10.6 Å². The second-order valence-corrected chi connectivity index (χ2v) is 7.60. The predicted octanol–water partition coefficient (Wildman–Crippen LogP) is 6.29. The van der Waals surface area contributed by atoms with Crippen LogP contribution in [0.25, 0.3) is 0 Å². The fourth-order valence-electron chi connectivity index (χ4n) is 3.80. The zero-order chi connectivity index (χ0) is 25.4. The Balaban J connectivity index is 0.000000615. The van der Waals surface area contributed by atoms with E-state index in [1.54, 1.807) is 6.07 Å². The standard InChI is InChI=1S/C19H23F3N2O2.C6H6.C2H6/c1-23-18(26)16(17(24-12-25)14-7-3-2-4-8-14)11-13-6-5-9-15(10-13)19(20,21)22;1-2-4-6-5-3-1;1-2/h5-6,9-10,12,14H,2-4,7-8,11H2,1H3,(H,23,26)(H,24,25);1-6H;1-2H3/b17-16-;;. The third-order valence-electron chi connectivity index (χ3n) is 5.36. The molecule has 0 saturated heterocycles. The van der Waals surface area contributed by atoms with Gasteiger partial charge in [0.2, 0.25) is 12.3 Å². The van der Waals surface area contributed by atoms with Crippen LogP contribution in [0.2, 0.25) is 0 Å². The van der Waals surface area contributed by atoms with Crippen LogP contribution >= 0.6 is 0 Å². The highest BCUT2D eigenvalue weighted by molar-refractivity contribution is 5.94. The smallest absolute Gasteiger partial charge is 0.355 e. The minimum Gasteiger partial charge on any atom is -0.355 e. The molecule has 0 spiro atoms.